The number of nitro groups is 1. The van der Waals surface area contributed by atoms with Crippen LogP contribution < -0.4 is 0 Å². The SMILES string of the molecule is O=C(O)c1ccc([N+](=O)[O-])cc1C(=O)c1ccccc1. The number of non-ortho nitro benzene ring substituents is 1. The quantitative estimate of drug-likeness (QED) is 0.523. The normalized spacial score (nSPS) is 10.0. The summed E-state index contributed by atoms with van der Waals surface area (Å²) in [5.74, 6) is -1.87. The summed E-state index contributed by atoms with van der Waals surface area (Å²) in [6, 6.07) is 11.1. The Balaban J connectivity index is 2.58. The first-order valence-electron chi connectivity index (χ1n) is 5.62. The van der Waals surface area contributed by atoms with Crippen molar-refractivity contribution in [3.63, 3.8) is 0 Å². The minimum atomic E-state index is -1.31. The number of aromatic carboxylic acids is 1. The van der Waals surface area contributed by atoms with Gasteiger partial charge in [-0.05, 0) is 6.07 Å². The van der Waals surface area contributed by atoms with E-state index in [4.69, 9.17) is 5.11 Å². The first-order valence-corrected chi connectivity index (χ1v) is 5.62. The number of hydrogen-bond acceptors (Lipinski definition) is 4. The number of carboxylic acid groups (broad SMARTS) is 1. The zero-order valence-electron chi connectivity index (χ0n) is 10.1. The van der Waals surface area contributed by atoms with E-state index in [1.54, 1.807) is 18.2 Å². The third-order valence-electron chi connectivity index (χ3n) is 2.72. The number of nitrogens with zero attached hydrogens (tertiary/aromatic N) is 1. The lowest BCUT2D eigenvalue weighted by molar-refractivity contribution is -0.384. The molecule has 0 aromatic heterocycles. The number of carbonyl (C=O) groups is 2. The number of carboxylic acids is 1. The molecule has 6 nitrogen and oxygen atoms in total. The standard InChI is InChI=1S/C14H9NO5/c16-13(9-4-2-1-3-5-9)12-8-10(15(19)20)6-7-11(12)14(17)18/h1-8H,(H,17,18). The van der Waals surface area contributed by atoms with Crippen LogP contribution >= 0.6 is 0 Å². The fourth-order valence-electron chi connectivity index (χ4n) is 1.77. The fraction of sp³-hybridized carbons (Fsp3) is 0. The van der Waals surface area contributed by atoms with Crippen LogP contribution in [0.2, 0.25) is 0 Å². The molecule has 2 aromatic carbocycles. The minimum absolute atomic E-state index is 0.196. The summed E-state index contributed by atoms with van der Waals surface area (Å²) in [6.07, 6.45) is 0. The molecule has 6 heteroatoms. The average molecular weight is 271 g/mol. The summed E-state index contributed by atoms with van der Waals surface area (Å²) in [5.41, 5.74) is -0.507. The van der Waals surface area contributed by atoms with Gasteiger partial charge in [0.25, 0.3) is 5.69 Å². The molecule has 0 fully saturated rings. The lowest BCUT2D eigenvalue weighted by atomic mass is 9.98. The van der Waals surface area contributed by atoms with Gasteiger partial charge < -0.3 is 5.11 Å². The fourth-order valence-corrected chi connectivity index (χ4v) is 1.77. The van der Waals surface area contributed by atoms with Crippen LogP contribution in [0, 0.1) is 10.1 Å². The van der Waals surface area contributed by atoms with Gasteiger partial charge in [0.05, 0.1) is 10.5 Å². The Morgan fingerprint density at radius 1 is 1.00 bits per heavy atom. The Hall–Kier alpha value is -3.02. The summed E-state index contributed by atoms with van der Waals surface area (Å²) in [5, 5.41) is 19.8. The predicted octanol–water partition coefficient (Wildman–Crippen LogP) is 2.52. The zero-order chi connectivity index (χ0) is 14.7. The Morgan fingerprint density at radius 2 is 1.65 bits per heavy atom. The second-order valence-electron chi connectivity index (χ2n) is 3.99. The molecule has 1 N–H and O–H groups in total. The van der Waals surface area contributed by atoms with Gasteiger partial charge in [-0.25, -0.2) is 4.79 Å². The molecule has 0 radical (unpaired) electrons. The van der Waals surface area contributed by atoms with Gasteiger partial charge in [0.2, 0.25) is 0 Å². The maximum Gasteiger partial charge on any atom is 0.336 e. The molecule has 20 heavy (non-hydrogen) atoms. The van der Waals surface area contributed by atoms with Crippen LogP contribution in [0.25, 0.3) is 0 Å². The monoisotopic (exact) mass is 271 g/mol. The van der Waals surface area contributed by atoms with Crippen LogP contribution in [0.3, 0.4) is 0 Å². The van der Waals surface area contributed by atoms with Crippen molar-refractivity contribution in [3.8, 4) is 0 Å². The summed E-state index contributed by atoms with van der Waals surface area (Å²) >= 11 is 0. The molecule has 2 rings (SSSR count). The Bertz CT molecular complexity index is 694. The maximum atomic E-state index is 12.3. The molecule has 0 amide bonds. The summed E-state index contributed by atoms with van der Waals surface area (Å²) in [6.45, 7) is 0. The molecule has 0 aliphatic rings. The smallest absolute Gasteiger partial charge is 0.336 e. The van der Waals surface area contributed by atoms with Crippen molar-refractivity contribution in [2.24, 2.45) is 0 Å². The molecule has 100 valence electrons. The highest BCUT2D eigenvalue weighted by Gasteiger charge is 2.21. The summed E-state index contributed by atoms with van der Waals surface area (Å²) in [7, 11) is 0. The molecular weight excluding hydrogens is 262 g/mol. The van der Waals surface area contributed by atoms with Gasteiger partial charge >= 0.3 is 5.97 Å². The van der Waals surface area contributed by atoms with Crippen LogP contribution in [-0.2, 0) is 0 Å². The molecule has 0 unspecified atom stereocenters. The first-order chi connectivity index (χ1) is 9.50. The van der Waals surface area contributed by atoms with E-state index in [1.807, 2.05) is 0 Å². The van der Waals surface area contributed by atoms with Crippen molar-refractivity contribution in [2.45, 2.75) is 0 Å². The molecule has 0 bridgehead atoms. The van der Waals surface area contributed by atoms with Crippen LogP contribution in [0.15, 0.2) is 48.5 Å². The van der Waals surface area contributed by atoms with Crippen molar-refractivity contribution < 1.29 is 19.6 Å². The molecule has 0 saturated carbocycles. The molecule has 2 aromatic rings. The van der Waals surface area contributed by atoms with Gasteiger partial charge in [-0.1, -0.05) is 30.3 Å². The topological polar surface area (TPSA) is 97.5 Å². The van der Waals surface area contributed by atoms with E-state index in [1.165, 1.54) is 12.1 Å². The average Bonchev–Trinajstić information content (AvgIpc) is 2.46. The lowest BCUT2D eigenvalue weighted by Gasteiger charge is -2.05. The highest BCUT2D eigenvalue weighted by Crippen LogP contribution is 2.21. The van der Waals surface area contributed by atoms with Gasteiger partial charge in [0, 0.05) is 23.3 Å². The van der Waals surface area contributed by atoms with E-state index in [9.17, 15) is 19.7 Å². The van der Waals surface area contributed by atoms with E-state index < -0.39 is 16.7 Å². The number of carbonyl (C=O) groups excluding carboxylic acids is 1. The number of rotatable bonds is 4. The van der Waals surface area contributed by atoms with Crippen molar-refractivity contribution >= 4 is 17.4 Å². The summed E-state index contributed by atoms with van der Waals surface area (Å²) in [4.78, 5) is 33.4. The molecule has 0 aliphatic heterocycles. The number of hydrogen-bond donors (Lipinski definition) is 1. The molecule has 0 heterocycles. The molecule has 0 atom stereocenters. The van der Waals surface area contributed by atoms with Gasteiger partial charge in [-0.3, -0.25) is 14.9 Å². The second kappa shape index (κ2) is 5.31. The van der Waals surface area contributed by atoms with Crippen LogP contribution in [0.1, 0.15) is 26.3 Å². The largest absolute Gasteiger partial charge is 0.478 e. The van der Waals surface area contributed by atoms with Crippen molar-refractivity contribution in [2.75, 3.05) is 0 Å². The highest BCUT2D eigenvalue weighted by atomic mass is 16.6. The van der Waals surface area contributed by atoms with E-state index in [0.717, 1.165) is 18.2 Å². The number of ketones is 1. The highest BCUT2D eigenvalue weighted by molar-refractivity contribution is 6.14. The minimum Gasteiger partial charge on any atom is -0.478 e. The molecule has 0 saturated heterocycles. The predicted molar refractivity (Wildman–Crippen MR) is 69.9 cm³/mol. The molecule has 0 aliphatic carbocycles. The van der Waals surface area contributed by atoms with Gasteiger partial charge in [-0.2, -0.15) is 0 Å². The number of nitro benzene ring substituents is 1. The number of benzene rings is 2. The summed E-state index contributed by atoms with van der Waals surface area (Å²) < 4.78 is 0. The van der Waals surface area contributed by atoms with E-state index >= 15 is 0 Å². The zero-order valence-corrected chi connectivity index (χ0v) is 10.1. The van der Waals surface area contributed by atoms with Gasteiger partial charge in [0.1, 0.15) is 0 Å². The Morgan fingerprint density at radius 3 is 2.20 bits per heavy atom. The Labute approximate surface area is 113 Å². The van der Waals surface area contributed by atoms with Crippen molar-refractivity contribution in [1.29, 1.82) is 0 Å². The van der Waals surface area contributed by atoms with E-state index in [0.29, 0.717) is 0 Å². The lowest BCUT2D eigenvalue weighted by Crippen LogP contribution is -2.10. The van der Waals surface area contributed by atoms with E-state index in [2.05, 4.69) is 0 Å². The Kier molecular flexibility index (Phi) is 3.56. The molecule has 0 spiro atoms. The third kappa shape index (κ3) is 2.54. The van der Waals surface area contributed by atoms with Crippen molar-refractivity contribution in [1.82, 2.24) is 0 Å². The third-order valence-corrected chi connectivity index (χ3v) is 2.72. The van der Waals surface area contributed by atoms with Crippen molar-refractivity contribution in [3.05, 3.63) is 75.3 Å². The maximum absolute atomic E-state index is 12.3. The van der Waals surface area contributed by atoms with E-state index in [-0.39, 0.29) is 22.4 Å². The second-order valence-corrected chi connectivity index (χ2v) is 3.99. The van der Waals surface area contributed by atoms with Crippen LogP contribution in [-0.4, -0.2) is 21.8 Å². The van der Waals surface area contributed by atoms with Crippen LogP contribution in [0.4, 0.5) is 5.69 Å². The van der Waals surface area contributed by atoms with Gasteiger partial charge in [-0.15, -0.1) is 0 Å². The van der Waals surface area contributed by atoms with Crippen LogP contribution in [0.5, 0.6) is 0 Å². The first kappa shape index (κ1) is 13.4. The van der Waals surface area contributed by atoms with Gasteiger partial charge in [0.15, 0.2) is 5.78 Å². The molecular formula is C14H9NO5.